The van der Waals surface area contributed by atoms with Crippen LogP contribution in [0, 0.1) is 6.92 Å². The number of amides is 1. The van der Waals surface area contributed by atoms with Crippen LogP contribution in [0.3, 0.4) is 0 Å². The zero-order valence-corrected chi connectivity index (χ0v) is 12.5. The fourth-order valence-electron chi connectivity index (χ4n) is 2.84. The average molecular weight is 291 g/mol. The molecule has 1 N–H and O–H groups in total. The Bertz CT molecular complexity index is 526. The van der Waals surface area contributed by atoms with Crippen LogP contribution in [0.4, 0.5) is 0 Å². The summed E-state index contributed by atoms with van der Waals surface area (Å²) in [7, 11) is 0. The molecular weight excluding hydrogens is 270 g/mol. The third kappa shape index (κ3) is 3.01. The van der Waals surface area contributed by atoms with Crippen LogP contribution < -0.4 is 4.74 Å². The standard InChI is InChI=1S/C16H21NO4/c1-3-16(15(19)20)9-4-10-17(16)14(18)11-21-13-7-5-12(2)6-8-13/h5-8H,3-4,9-11H2,1-2H3,(H,19,20). The molecule has 1 aliphatic heterocycles. The number of carbonyl (C=O) groups is 2. The Morgan fingerprint density at radius 3 is 2.57 bits per heavy atom. The maximum Gasteiger partial charge on any atom is 0.329 e. The van der Waals surface area contributed by atoms with Gasteiger partial charge in [0.1, 0.15) is 11.3 Å². The van der Waals surface area contributed by atoms with Gasteiger partial charge < -0.3 is 14.7 Å². The van der Waals surface area contributed by atoms with Crippen LogP contribution in [0.5, 0.6) is 5.75 Å². The van der Waals surface area contributed by atoms with Crippen molar-refractivity contribution in [3.05, 3.63) is 29.8 Å². The first kappa shape index (κ1) is 15.4. The number of nitrogens with zero attached hydrogens (tertiary/aromatic N) is 1. The molecule has 5 nitrogen and oxygen atoms in total. The number of rotatable bonds is 5. The molecule has 1 amide bonds. The number of aryl methyl sites for hydroxylation is 1. The van der Waals surface area contributed by atoms with Crippen molar-refractivity contribution in [2.24, 2.45) is 0 Å². The molecular formula is C16H21NO4. The van der Waals surface area contributed by atoms with E-state index in [9.17, 15) is 14.7 Å². The van der Waals surface area contributed by atoms with Crippen LogP contribution >= 0.6 is 0 Å². The molecule has 1 aromatic carbocycles. The molecule has 0 bridgehead atoms. The number of hydrogen-bond donors (Lipinski definition) is 1. The number of aliphatic carboxylic acids is 1. The third-order valence-corrected chi connectivity index (χ3v) is 4.16. The van der Waals surface area contributed by atoms with Crippen LogP contribution in [-0.4, -0.2) is 40.6 Å². The normalized spacial score (nSPS) is 21.3. The molecule has 21 heavy (non-hydrogen) atoms. The highest BCUT2D eigenvalue weighted by molar-refractivity contribution is 5.88. The van der Waals surface area contributed by atoms with Gasteiger partial charge >= 0.3 is 5.97 Å². The van der Waals surface area contributed by atoms with Crippen molar-refractivity contribution in [3.8, 4) is 5.75 Å². The molecule has 0 saturated carbocycles. The van der Waals surface area contributed by atoms with E-state index in [4.69, 9.17) is 4.74 Å². The Morgan fingerprint density at radius 2 is 2.00 bits per heavy atom. The van der Waals surface area contributed by atoms with Gasteiger partial charge in [0.15, 0.2) is 6.61 Å². The van der Waals surface area contributed by atoms with Crippen LogP contribution in [0.25, 0.3) is 0 Å². The van der Waals surface area contributed by atoms with Crippen LogP contribution in [0.1, 0.15) is 31.7 Å². The van der Waals surface area contributed by atoms with Gasteiger partial charge in [-0.25, -0.2) is 4.79 Å². The van der Waals surface area contributed by atoms with Gasteiger partial charge in [0.25, 0.3) is 5.91 Å². The second-order valence-corrected chi connectivity index (χ2v) is 5.44. The van der Waals surface area contributed by atoms with Crippen molar-refractivity contribution in [2.75, 3.05) is 13.2 Å². The molecule has 1 aliphatic rings. The van der Waals surface area contributed by atoms with Crippen molar-refractivity contribution in [3.63, 3.8) is 0 Å². The van der Waals surface area contributed by atoms with Crippen molar-refractivity contribution < 1.29 is 19.4 Å². The van der Waals surface area contributed by atoms with E-state index in [0.29, 0.717) is 25.1 Å². The van der Waals surface area contributed by atoms with E-state index in [2.05, 4.69) is 0 Å². The minimum absolute atomic E-state index is 0.127. The molecule has 1 aromatic rings. The van der Waals surface area contributed by atoms with Gasteiger partial charge in [-0.15, -0.1) is 0 Å². The monoisotopic (exact) mass is 291 g/mol. The van der Waals surface area contributed by atoms with Gasteiger partial charge in [-0.2, -0.15) is 0 Å². The van der Waals surface area contributed by atoms with E-state index in [-0.39, 0.29) is 12.5 Å². The SMILES string of the molecule is CCC1(C(=O)O)CCCN1C(=O)COc1ccc(C)cc1. The first-order valence-electron chi connectivity index (χ1n) is 7.23. The van der Waals surface area contributed by atoms with Crippen molar-refractivity contribution in [2.45, 2.75) is 38.6 Å². The number of hydrogen-bond acceptors (Lipinski definition) is 3. The second kappa shape index (κ2) is 6.16. The maximum absolute atomic E-state index is 12.3. The lowest BCUT2D eigenvalue weighted by Crippen LogP contribution is -2.53. The molecule has 1 unspecified atom stereocenters. The van der Waals surface area contributed by atoms with E-state index < -0.39 is 11.5 Å². The van der Waals surface area contributed by atoms with E-state index in [1.807, 2.05) is 19.1 Å². The lowest BCUT2D eigenvalue weighted by Gasteiger charge is -2.33. The largest absolute Gasteiger partial charge is 0.484 e. The number of carbonyl (C=O) groups excluding carboxylic acids is 1. The minimum atomic E-state index is -1.06. The molecule has 1 saturated heterocycles. The molecule has 1 heterocycles. The third-order valence-electron chi connectivity index (χ3n) is 4.16. The predicted octanol–water partition coefficient (Wildman–Crippen LogP) is 2.23. The van der Waals surface area contributed by atoms with Crippen molar-refractivity contribution in [1.29, 1.82) is 0 Å². The molecule has 0 radical (unpaired) electrons. The lowest BCUT2D eigenvalue weighted by molar-refractivity contribution is -0.157. The number of carboxylic acids is 1. The van der Waals surface area contributed by atoms with Gasteiger partial charge in [0, 0.05) is 6.54 Å². The summed E-state index contributed by atoms with van der Waals surface area (Å²) in [6, 6.07) is 7.42. The molecule has 1 atom stereocenters. The summed E-state index contributed by atoms with van der Waals surface area (Å²) in [5, 5.41) is 9.46. The first-order valence-corrected chi connectivity index (χ1v) is 7.23. The molecule has 1 fully saturated rings. The van der Waals surface area contributed by atoms with Crippen LogP contribution in [-0.2, 0) is 9.59 Å². The highest BCUT2D eigenvalue weighted by Crippen LogP contribution is 2.32. The number of benzene rings is 1. The summed E-state index contributed by atoms with van der Waals surface area (Å²) in [6.07, 6.45) is 1.64. The molecule has 2 rings (SSSR count). The molecule has 114 valence electrons. The van der Waals surface area contributed by atoms with Gasteiger partial charge in [-0.1, -0.05) is 24.6 Å². The Morgan fingerprint density at radius 1 is 1.33 bits per heavy atom. The van der Waals surface area contributed by atoms with Gasteiger partial charge in [-0.05, 0) is 38.3 Å². The summed E-state index contributed by atoms with van der Waals surface area (Å²) in [4.78, 5) is 25.3. The zero-order valence-electron chi connectivity index (χ0n) is 12.5. The van der Waals surface area contributed by atoms with Gasteiger partial charge in [-0.3, -0.25) is 4.79 Å². The van der Waals surface area contributed by atoms with E-state index in [0.717, 1.165) is 12.0 Å². The number of carboxylic acid groups (broad SMARTS) is 1. The van der Waals surface area contributed by atoms with Crippen LogP contribution in [0.15, 0.2) is 24.3 Å². The minimum Gasteiger partial charge on any atom is -0.484 e. The topological polar surface area (TPSA) is 66.8 Å². The smallest absolute Gasteiger partial charge is 0.329 e. The van der Waals surface area contributed by atoms with Crippen molar-refractivity contribution >= 4 is 11.9 Å². The molecule has 0 aliphatic carbocycles. The summed E-state index contributed by atoms with van der Waals surface area (Å²) >= 11 is 0. The molecule has 0 spiro atoms. The highest BCUT2D eigenvalue weighted by atomic mass is 16.5. The number of likely N-dealkylation sites (tertiary alicyclic amines) is 1. The van der Waals surface area contributed by atoms with Gasteiger partial charge in [0.2, 0.25) is 0 Å². The average Bonchev–Trinajstić information content (AvgIpc) is 2.91. The Labute approximate surface area is 124 Å². The maximum atomic E-state index is 12.3. The summed E-state index contributed by atoms with van der Waals surface area (Å²) in [5.41, 5.74) is 0.0531. The zero-order chi connectivity index (χ0) is 15.5. The Hall–Kier alpha value is -2.04. The van der Waals surface area contributed by atoms with Crippen molar-refractivity contribution in [1.82, 2.24) is 4.90 Å². The lowest BCUT2D eigenvalue weighted by atomic mass is 9.93. The van der Waals surface area contributed by atoms with E-state index in [1.165, 1.54) is 4.90 Å². The fourth-order valence-corrected chi connectivity index (χ4v) is 2.84. The first-order chi connectivity index (χ1) is 9.99. The van der Waals surface area contributed by atoms with E-state index in [1.54, 1.807) is 19.1 Å². The Balaban J connectivity index is 2.02. The summed E-state index contributed by atoms with van der Waals surface area (Å²) in [6.45, 7) is 4.14. The van der Waals surface area contributed by atoms with Gasteiger partial charge in [0.05, 0.1) is 0 Å². The van der Waals surface area contributed by atoms with Crippen LogP contribution in [0.2, 0.25) is 0 Å². The fraction of sp³-hybridized carbons (Fsp3) is 0.500. The highest BCUT2D eigenvalue weighted by Gasteiger charge is 2.48. The quantitative estimate of drug-likeness (QED) is 0.903. The number of ether oxygens (including phenoxy) is 1. The molecule has 5 heteroatoms. The Kier molecular flexibility index (Phi) is 4.50. The molecule has 0 aromatic heterocycles. The summed E-state index contributed by atoms with van der Waals surface area (Å²) in [5.74, 6) is -0.575. The van der Waals surface area contributed by atoms with E-state index >= 15 is 0 Å². The summed E-state index contributed by atoms with van der Waals surface area (Å²) < 4.78 is 5.47. The predicted molar refractivity (Wildman–Crippen MR) is 78.3 cm³/mol. The second-order valence-electron chi connectivity index (χ2n) is 5.44.